The number of para-hydroxylation sites is 1. The lowest BCUT2D eigenvalue weighted by atomic mass is 10.2. The second kappa shape index (κ2) is 5.82. The van der Waals surface area contributed by atoms with E-state index in [1.54, 1.807) is 47.5 Å². The maximum atomic E-state index is 14.2. The highest BCUT2D eigenvalue weighted by atomic mass is 32.2. The van der Waals surface area contributed by atoms with Gasteiger partial charge in [-0.15, -0.1) is 0 Å². The van der Waals surface area contributed by atoms with Gasteiger partial charge in [0.15, 0.2) is 0 Å². The number of anilines is 3. The first-order valence-electron chi connectivity index (χ1n) is 6.64. The number of sulfonamides is 1. The Morgan fingerprint density at radius 2 is 1.74 bits per heavy atom. The molecule has 0 saturated heterocycles. The smallest absolute Gasteiger partial charge is 0.238 e. The Kier molecular flexibility index (Phi) is 3.85. The normalized spacial score (nSPS) is 11.4. The first-order chi connectivity index (χ1) is 11.0. The molecular formula is C15H13FN4O2S. The minimum Gasteiger partial charge on any atom is -0.292 e. The van der Waals surface area contributed by atoms with Crippen molar-refractivity contribution in [3.8, 4) is 0 Å². The Hall–Kier alpha value is -2.71. The average molecular weight is 332 g/mol. The van der Waals surface area contributed by atoms with Crippen molar-refractivity contribution in [3.63, 3.8) is 0 Å². The van der Waals surface area contributed by atoms with E-state index >= 15 is 0 Å². The van der Waals surface area contributed by atoms with E-state index in [1.807, 2.05) is 0 Å². The summed E-state index contributed by atoms with van der Waals surface area (Å²) in [6.07, 6.45) is 1.54. The van der Waals surface area contributed by atoms with E-state index in [2.05, 4.69) is 10.2 Å². The first-order valence-corrected chi connectivity index (χ1v) is 8.18. The van der Waals surface area contributed by atoms with Gasteiger partial charge in [0.25, 0.3) is 0 Å². The van der Waals surface area contributed by atoms with Crippen LogP contribution in [0.1, 0.15) is 0 Å². The molecule has 23 heavy (non-hydrogen) atoms. The number of nitrogens with zero attached hydrogens (tertiary/aromatic N) is 2. The van der Waals surface area contributed by atoms with Gasteiger partial charge < -0.3 is 0 Å². The van der Waals surface area contributed by atoms with E-state index in [9.17, 15) is 12.8 Å². The number of hydrogen-bond donors (Lipinski definition) is 2. The molecule has 0 radical (unpaired) electrons. The van der Waals surface area contributed by atoms with E-state index in [0.717, 1.165) is 0 Å². The third kappa shape index (κ3) is 3.08. The number of nitrogens with two attached hydrogens (primary N) is 1. The molecule has 0 aliphatic rings. The fourth-order valence-corrected chi connectivity index (χ4v) is 2.71. The molecule has 0 spiro atoms. The monoisotopic (exact) mass is 332 g/mol. The summed E-state index contributed by atoms with van der Waals surface area (Å²) in [5.74, 6) is 0.121. The van der Waals surface area contributed by atoms with Crippen molar-refractivity contribution in [2.45, 2.75) is 4.90 Å². The maximum Gasteiger partial charge on any atom is 0.238 e. The van der Waals surface area contributed by atoms with Gasteiger partial charge in [0.2, 0.25) is 10.0 Å². The highest BCUT2D eigenvalue weighted by Crippen LogP contribution is 2.34. The molecule has 0 atom stereocenters. The van der Waals surface area contributed by atoms with Crippen LogP contribution in [-0.2, 0) is 10.0 Å². The molecule has 0 fully saturated rings. The maximum absolute atomic E-state index is 14.2. The third-order valence-electron chi connectivity index (χ3n) is 3.24. The summed E-state index contributed by atoms with van der Waals surface area (Å²) in [5, 5.41) is 11.7. The molecule has 0 aliphatic carbocycles. The van der Waals surface area contributed by atoms with Crippen LogP contribution in [0.4, 0.5) is 21.6 Å². The molecule has 3 N–H and O–H groups in total. The second-order valence-corrected chi connectivity index (χ2v) is 6.33. The summed E-state index contributed by atoms with van der Waals surface area (Å²) in [7, 11) is -3.78. The zero-order valence-electron chi connectivity index (χ0n) is 11.8. The van der Waals surface area contributed by atoms with Crippen LogP contribution in [0.25, 0.3) is 0 Å². The first kappa shape index (κ1) is 15.2. The predicted octanol–water partition coefficient (Wildman–Crippen LogP) is 2.67. The number of aromatic nitrogens is 2. The number of hydrogen-bond acceptors (Lipinski definition) is 4. The lowest BCUT2D eigenvalue weighted by Crippen LogP contribution is -2.14. The van der Waals surface area contributed by atoms with Gasteiger partial charge in [-0.1, -0.05) is 12.1 Å². The van der Waals surface area contributed by atoms with Crippen LogP contribution >= 0.6 is 0 Å². The standard InChI is InChI=1S/C15H13FN4O2S/c16-13-3-1-2-4-14(13)20(15-9-10-18-19-15)11-5-7-12(8-6-11)23(17,21)22/h1-10H,(H,18,19)(H2,17,21,22). The number of halogens is 1. The minimum atomic E-state index is -3.78. The van der Waals surface area contributed by atoms with Crippen LogP contribution in [0.3, 0.4) is 0 Å². The zero-order chi connectivity index (χ0) is 16.4. The number of aromatic amines is 1. The summed E-state index contributed by atoms with van der Waals surface area (Å²) in [4.78, 5) is 1.58. The van der Waals surface area contributed by atoms with E-state index in [0.29, 0.717) is 17.2 Å². The second-order valence-electron chi connectivity index (χ2n) is 4.77. The Morgan fingerprint density at radius 1 is 1.04 bits per heavy atom. The lowest BCUT2D eigenvalue weighted by molar-refractivity contribution is 0.598. The Balaban J connectivity index is 2.12. The van der Waals surface area contributed by atoms with Crippen molar-refractivity contribution in [2.24, 2.45) is 5.14 Å². The molecule has 2 aromatic carbocycles. The van der Waals surface area contributed by atoms with Crippen LogP contribution in [0, 0.1) is 5.82 Å². The molecule has 0 unspecified atom stereocenters. The summed E-state index contributed by atoms with van der Waals surface area (Å²) >= 11 is 0. The zero-order valence-corrected chi connectivity index (χ0v) is 12.7. The van der Waals surface area contributed by atoms with Crippen LogP contribution in [-0.4, -0.2) is 18.6 Å². The van der Waals surface area contributed by atoms with Crippen molar-refractivity contribution >= 4 is 27.2 Å². The molecule has 3 aromatic rings. The molecule has 1 heterocycles. The Bertz CT molecular complexity index is 909. The average Bonchev–Trinajstić information content (AvgIpc) is 3.03. The molecule has 3 rings (SSSR count). The van der Waals surface area contributed by atoms with Crippen molar-refractivity contribution in [3.05, 3.63) is 66.6 Å². The topological polar surface area (TPSA) is 92.1 Å². The Morgan fingerprint density at radius 3 is 2.30 bits per heavy atom. The van der Waals surface area contributed by atoms with Gasteiger partial charge >= 0.3 is 0 Å². The number of benzene rings is 2. The van der Waals surface area contributed by atoms with E-state index < -0.39 is 15.8 Å². The highest BCUT2D eigenvalue weighted by molar-refractivity contribution is 7.89. The van der Waals surface area contributed by atoms with Crippen LogP contribution in [0.2, 0.25) is 0 Å². The summed E-state index contributed by atoms with van der Waals surface area (Å²) in [5.41, 5.74) is 0.867. The van der Waals surface area contributed by atoms with Gasteiger partial charge in [0.1, 0.15) is 11.6 Å². The van der Waals surface area contributed by atoms with Crippen molar-refractivity contribution in [1.82, 2.24) is 10.2 Å². The lowest BCUT2D eigenvalue weighted by Gasteiger charge is -2.23. The van der Waals surface area contributed by atoms with Gasteiger partial charge in [-0.25, -0.2) is 17.9 Å². The number of primary sulfonamides is 1. The largest absolute Gasteiger partial charge is 0.292 e. The van der Waals surface area contributed by atoms with Crippen molar-refractivity contribution in [1.29, 1.82) is 0 Å². The SMILES string of the molecule is NS(=O)(=O)c1ccc(N(c2ccn[nH]2)c2ccccc2F)cc1. The van der Waals surface area contributed by atoms with Crippen molar-refractivity contribution in [2.75, 3.05) is 4.90 Å². The molecule has 0 saturated carbocycles. The van der Waals surface area contributed by atoms with Gasteiger partial charge in [-0.2, -0.15) is 5.10 Å². The van der Waals surface area contributed by atoms with Gasteiger partial charge in [0, 0.05) is 11.8 Å². The van der Waals surface area contributed by atoms with Gasteiger partial charge in [-0.05, 0) is 36.4 Å². The van der Waals surface area contributed by atoms with Crippen LogP contribution < -0.4 is 10.0 Å². The van der Waals surface area contributed by atoms with E-state index in [1.165, 1.54) is 18.2 Å². The quantitative estimate of drug-likeness (QED) is 0.768. The predicted molar refractivity (Wildman–Crippen MR) is 84.6 cm³/mol. The molecule has 118 valence electrons. The molecule has 0 aliphatic heterocycles. The summed E-state index contributed by atoms with van der Waals surface area (Å²) in [6.45, 7) is 0. The van der Waals surface area contributed by atoms with Crippen LogP contribution in [0.5, 0.6) is 0 Å². The molecule has 0 bridgehead atoms. The molecule has 8 heteroatoms. The number of rotatable bonds is 4. The molecule has 6 nitrogen and oxygen atoms in total. The molecule has 0 amide bonds. The third-order valence-corrected chi connectivity index (χ3v) is 4.17. The fraction of sp³-hybridized carbons (Fsp3) is 0. The summed E-state index contributed by atoms with van der Waals surface area (Å²) in [6, 6.07) is 13.8. The summed E-state index contributed by atoms with van der Waals surface area (Å²) < 4.78 is 36.9. The highest BCUT2D eigenvalue weighted by Gasteiger charge is 2.17. The number of nitrogens with one attached hydrogen (secondary N) is 1. The van der Waals surface area contributed by atoms with Crippen LogP contribution in [0.15, 0.2) is 65.7 Å². The molecular weight excluding hydrogens is 319 g/mol. The fourth-order valence-electron chi connectivity index (χ4n) is 2.20. The number of H-pyrrole nitrogens is 1. The van der Waals surface area contributed by atoms with Gasteiger partial charge in [0.05, 0.1) is 16.8 Å². The van der Waals surface area contributed by atoms with E-state index in [-0.39, 0.29) is 4.90 Å². The Labute approximate surface area is 132 Å². The van der Waals surface area contributed by atoms with Crippen molar-refractivity contribution < 1.29 is 12.8 Å². The minimum absolute atomic E-state index is 0.0145. The van der Waals surface area contributed by atoms with E-state index in [4.69, 9.17) is 5.14 Å². The van der Waals surface area contributed by atoms with Gasteiger partial charge in [-0.3, -0.25) is 10.00 Å². The molecule has 1 aromatic heterocycles.